The Hall–Kier alpha value is -5.20. The Balaban J connectivity index is 0.000000240. The second kappa shape index (κ2) is 14.3. The van der Waals surface area contributed by atoms with E-state index in [1.807, 2.05) is 76.2 Å². The third-order valence-electron chi connectivity index (χ3n) is 8.41. The molecular formula is C34H40N4O8. The van der Waals surface area contributed by atoms with E-state index < -0.39 is 36.1 Å². The van der Waals surface area contributed by atoms with Gasteiger partial charge in [-0.25, -0.2) is 9.59 Å². The van der Waals surface area contributed by atoms with Crippen molar-refractivity contribution >= 4 is 23.8 Å². The number of likely N-dealkylation sites (N-methyl/N-ethyl adjacent to an activating group) is 2. The molecule has 6 rings (SSSR count). The summed E-state index contributed by atoms with van der Waals surface area (Å²) in [6, 6.07) is 19.5. The van der Waals surface area contributed by atoms with E-state index in [9.17, 15) is 29.4 Å². The summed E-state index contributed by atoms with van der Waals surface area (Å²) < 4.78 is 3.14. The molecule has 0 radical (unpaired) electrons. The molecule has 2 aromatic carbocycles. The third kappa shape index (κ3) is 6.17. The zero-order valence-electron chi connectivity index (χ0n) is 26.1. The van der Waals surface area contributed by atoms with Crippen molar-refractivity contribution in [2.45, 2.75) is 51.9 Å². The molecule has 0 saturated heterocycles. The van der Waals surface area contributed by atoms with Gasteiger partial charge in [-0.05, 0) is 63.1 Å². The molecule has 4 heterocycles. The molecule has 0 spiro atoms. The van der Waals surface area contributed by atoms with E-state index in [0.717, 1.165) is 22.3 Å². The molecule has 6 N–H and O–H groups in total. The largest absolute Gasteiger partial charge is 0.480 e. The number of hydrogen-bond donors (Lipinski definition) is 2. The lowest BCUT2D eigenvalue weighted by atomic mass is 9.93. The minimum atomic E-state index is -0.936. The molecule has 0 saturated carbocycles. The summed E-state index contributed by atoms with van der Waals surface area (Å²) >= 11 is 0. The summed E-state index contributed by atoms with van der Waals surface area (Å²) in [4.78, 5) is 52.3. The van der Waals surface area contributed by atoms with Crippen LogP contribution in [0.15, 0.2) is 85.2 Å². The monoisotopic (exact) mass is 632 g/mol. The summed E-state index contributed by atoms with van der Waals surface area (Å²) in [5.74, 6) is -2.13. The average Bonchev–Trinajstić information content (AvgIpc) is 3.69. The maximum atomic E-state index is 12.6. The van der Waals surface area contributed by atoms with Crippen LogP contribution in [0.25, 0.3) is 0 Å². The van der Waals surface area contributed by atoms with Crippen LogP contribution in [-0.4, -0.2) is 76.9 Å². The number of amides is 2. The number of rotatable bonds is 6. The van der Waals surface area contributed by atoms with Crippen LogP contribution in [0.3, 0.4) is 0 Å². The fourth-order valence-electron chi connectivity index (χ4n) is 6.27. The lowest BCUT2D eigenvalue weighted by Crippen LogP contribution is -2.47. The van der Waals surface area contributed by atoms with Crippen LogP contribution in [0.2, 0.25) is 0 Å². The first-order valence-electron chi connectivity index (χ1n) is 14.6. The van der Waals surface area contributed by atoms with E-state index in [-0.39, 0.29) is 22.8 Å². The zero-order chi connectivity index (χ0) is 31.7. The highest BCUT2D eigenvalue weighted by Crippen LogP contribution is 2.40. The molecular weight excluding hydrogens is 592 g/mol. The summed E-state index contributed by atoms with van der Waals surface area (Å²) in [5.41, 5.74) is 4.74. The zero-order valence-corrected chi connectivity index (χ0v) is 26.1. The number of nitrogens with zero attached hydrogens (tertiary/aromatic N) is 4. The Morgan fingerprint density at radius 3 is 1.22 bits per heavy atom. The first-order chi connectivity index (χ1) is 21.1. The van der Waals surface area contributed by atoms with E-state index in [1.165, 1.54) is 0 Å². The van der Waals surface area contributed by atoms with E-state index >= 15 is 0 Å². The summed E-state index contributed by atoms with van der Waals surface area (Å²) in [6.45, 7) is 8.63. The number of carboxylic acid groups (broad SMARTS) is 2. The smallest absolute Gasteiger partial charge is 0.329 e. The summed E-state index contributed by atoms with van der Waals surface area (Å²) in [7, 11) is 0. The van der Waals surface area contributed by atoms with Crippen molar-refractivity contribution in [2.75, 3.05) is 13.1 Å². The van der Waals surface area contributed by atoms with Gasteiger partial charge in [0, 0.05) is 25.5 Å². The lowest BCUT2D eigenvalue weighted by molar-refractivity contribution is -0.144. The van der Waals surface area contributed by atoms with Gasteiger partial charge in [0.25, 0.3) is 11.8 Å². The second-order valence-corrected chi connectivity index (χ2v) is 11.1. The van der Waals surface area contributed by atoms with Crippen molar-refractivity contribution < 1.29 is 40.3 Å². The first kappa shape index (κ1) is 35.3. The molecule has 0 unspecified atom stereocenters. The highest BCUT2D eigenvalue weighted by Gasteiger charge is 2.44. The van der Waals surface area contributed by atoms with Crippen LogP contribution in [0.1, 0.15) is 81.2 Å². The van der Waals surface area contributed by atoms with Gasteiger partial charge >= 0.3 is 11.9 Å². The van der Waals surface area contributed by atoms with Crippen LogP contribution in [-0.2, 0) is 9.59 Å². The number of carbonyl (C=O) groups is 4. The minimum absolute atomic E-state index is 0. The highest BCUT2D eigenvalue weighted by atomic mass is 16.4. The molecule has 2 aliphatic heterocycles. The average molecular weight is 633 g/mol. The van der Waals surface area contributed by atoms with Gasteiger partial charge in [0.15, 0.2) is 12.1 Å². The number of carbonyl (C=O) groups excluding carboxylic acids is 2. The van der Waals surface area contributed by atoms with Crippen LogP contribution < -0.4 is 0 Å². The van der Waals surface area contributed by atoms with Crippen molar-refractivity contribution in [3.63, 3.8) is 0 Å². The van der Waals surface area contributed by atoms with Gasteiger partial charge in [-0.1, -0.05) is 59.7 Å². The molecule has 2 aliphatic rings. The maximum Gasteiger partial charge on any atom is 0.329 e. The third-order valence-corrected chi connectivity index (χ3v) is 8.41. The Labute approximate surface area is 266 Å². The quantitative estimate of drug-likeness (QED) is 0.326. The Kier molecular flexibility index (Phi) is 10.9. The van der Waals surface area contributed by atoms with Crippen molar-refractivity contribution in [1.82, 2.24) is 18.9 Å². The van der Waals surface area contributed by atoms with Crippen molar-refractivity contribution in [1.29, 1.82) is 0 Å². The molecule has 2 aromatic heterocycles. The molecule has 4 atom stereocenters. The number of aromatic nitrogens is 2. The molecule has 244 valence electrons. The number of aliphatic carboxylic acids is 2. The minimum Gasteiger partial charge on any atom is -0.480 e. The normalized spacial score (nSPS) is 19.9. The van der Waals surface area contributed by atoms with E-state index in [1.54, 1.807) is 55.6 Å². The Bertz CT molecular complexity index is 1570. The van der Waals surface area contributed by atoms with Gasteiger partial charge in [0.05, 0.1) is 12.1 Å². The first-order valence-corrected chi connectivity index (χ1v) is 14.6. The molecule has 46 heavy (non-hydrogen) atoms. The number of aryl methyl sites for hydroxylation is 2. The number of hydrogen-bond acceptors (Lipinski definition) is 4. The molecule has 0 bridgehead atoms. The van der Waals surface area contributed by atoms with Gasteiger partial charge in [0.2, 0.25) is 0 Å². The fourth-order valence-corrected chi connectivity index (χ4v) is 6.27. The van der Waals surface area contributed by atoms with Gasteiger partial charge in [-0.3, -0.25) is 9.59 Å². The summed E-state index contributed by atoms with van der Waals surface area (Å²) in [5, 5.41) is 19.5. The Morgan fingerprint density at radius 1 is 0.609 bits per heavy atom. The van der Waals surface area contributed by atoms with E-state index in [0.29, 0.717) is 24.5 Å². The van der Waals surface area contributed by atoms with Crippen molar-refractivity contribution in [2.24, 2.45) is 0 Å². The topological polar surface area (TPSA) is 188 Å². The van der Waals surface area contributed by atoms with Crippen molar-refractivity contribution in [3.05, 3.63) is 119 Å². The number of fused-ring (bicyclic) bond motifs is 2. The molecule has 12 heteroatoms. The predicted octanol–water partition coefficient (Wildman–Crippen LogP) is 3.63. The van der Waals surface area contributed by atoms with Crippen LogP contribution >= 0.6 is 0 Å². The van der Waals surface area contributed by atoms with E-state index in [2.05, 4.69) is 0 Å². The second-order valence-electron chi connectivity index (χ2n) is 11.1. The molecule has 4 aromatic rings. The number of carboxylic acids is 2. The van der Waals surface area contributed by atoms with Gasteiger partial charge in [0.1, 0.15) is 11.4 Å². The molecule has 12 nitrogen and oxygen atoms in total. The SMILES string of the molecule is CCN1C(=O)c2cccn2[C@@H](C(=O)O)[C@@H]1c1ccc(C)cc1.CCN1C(=O)c2cccn2[C@@H](C(=O)O)[C@@H]1c1ccc(C)cc1.O.O. The number of benzene rings is 2. The van der Waals surface area contributed by atoms with Gasteiger partial charge in [-0.2, -0.15) is 0 Å². The van der Waals surface area contributed by atoms with Gasteiger partial charge in [-0.15, -0.1) is 0 Å². The molecule has 0 fully saturated rings. The van der Waals surface area contributed by atoms with E-state index in [4.69, 9.17) is 0 Å². The molecule has 2 amide bonds. The van der Waals surface area contributed by atoms with Gasteiger partial charge < -0.3 is 40.1 Å². The fraction of sp³-hybridized carbons (Fsp3) is 0.294. The predicted molar refractivity (Wildman–Crippen MR) is 171 cm³/mol. The Morgan fingerprint density at radius 2 is 0.935 bits per heavy atom. The van der Waals surface area contributed by atoms with Crippen LogP contribution in [0.4, 0.5) is 0 Å². The van der Waals surface area contributed by atoms with Crippen LogP contribution in [0, 0.1) is 13.8 Å². The highest BCUT2D eigenvalue weighted by molar-refractivity contribution is 5.96. The van der Waals surface area contributed by atoms with Crippen LogP contribution in [0.5, 0.6) is 0 Å². The maximum absolute atomic E-state index is 12.6. The van der Waals surface area contributed by atoms with Crippen molar-refractivity contribution in [3.8, 4) is 0 Å². The standard InChI is InChI=1S/2C17H18N2O3.2H2O/c2*1-3-18-14(12-8-6-11(2)7-9-12)15(17(21)22)19-10-4-5-13(19)16(18)20;;/h2*4-10,14-15H,3H2,1-2H3,(H,21,22);2*1H2/t2*14-,15+;;/m00../s1. The summed E-state index contributed by atoms with van der Waals surface area (Å²) in [6.07, 6.45) is 3.33. The molecule has 0 aliphatic carbocycles. The lowest BCUT2D eigenvalue weighted by Gasteiger charge is -2.40.